The molecule has 0 heterocycles. The average Bonchev–Trinajstić information content (AvgIpc) is 2.33. The maximum atomic E-state index is 11.8. The number of carbonyl (C=O) groups is 2. The number of nitrogens with one attached hydrogen (secondary N) is 2. The van der Waals surface area contributed by atoms with E-state index >= 15 is 0 Å². The molecular formula is C14H19BrN2O3. The van der Waals surface area contributed by atoms with Crippen LogP contribution in [-0.2, 0) is 11.3 Å². The summed E-state index contributed by atoms with van der Waals surface area (Å²) in [5.41, 5.74) is 0.381. The predicted molar refractivity (Wildman–Crippen MR) is 80.4 cm³/mol. The molecule has 1 aromatic carbocycles. The molecular weight excluding hydrogens is 324 g/mol. The highest BCUT2D eigenvalue weighted by atomic mass is 79.9. The number of carbonyl (C=O) groups excluding carboxylic acids is 1. The normalized spacial score (nSPS) is 12.6. The van der Waals surface area contributed by atoms with Gasteiger partial charge in [-0.3, -0.25) is 0 Å². The zero-order valence-electron chi connectivity index (χ0n) is 11.7. The van der Waals surface area contributed by atoms with Gasteiger partial charge in [-0.1, -0.05) is 48.8 Å². The van der Waals surface area contributed by atoms with Gasteiger partial charge >= 0.3 is 12.0 Å². The Hall–Kier alpha value is -1.56. The molecule has 110 valence electrons. The molecule has 0 radical (unpaired) electrons. The fourth-order valence-electron chi connectivity index (χ4n) is 1.62. The van der Waals surface area contributed by atoms with Crippen LogP contribution in [0, 0.1) is 5.41 Å². The quantitative estimate of drug-likeness (QED) is 0.787. The van der Waals surface area contributed by atoms with Gasteiger partial charge in [-0.05, 0) is 23.1 Å². The van der Waals surface area contributed by atoms with Crippen LogP contribution < -0.4 is 10.6 Å². The van der Waals surface area contributed by atoms with Gasteiger partial charge in [0, 0.05) is 11.0 Å². The molecule has 1 aromatic rings. The van der Waals surface area contributed by atoms with Crippen molar-refractivity contribution >= 4 is 27.9 Å². The van der Waals surface area contributed by atoms with Crippen LogP contribution in [0.5, 0.6) is 0 Å². The average molecular weight is 343 g/mol. The zero-order valence-corrected chi connectivity index (χ0v) is 13.3. The van der Waals surface area contributed by atoms with E-state index in [4.69, 9.17) is 5.11 Å². The van der Waals surface area contributed by atoms with Crippen LogP contribution in [0.15, 0.2) is 28.7 Å². The van der Waals surface area contributed by atoms with Crippen LogP contribution in [0.2, 0.25) is 0 Å². The van der Waals surface area contributed by atoms with Crippen LogP contribution in [0.4, 0.5) is 4.79 Å². The number of carboxylic acids is 1. The number of halogens is 1. The molecule has 0 aliphatic rings. The highest BCUT2D eigenvalue weighted by Crippen LogP contribution is 2.19. The fourth-order valence-corrected chi connectivity index (χ4v) is 1.88. The van der Waals surface area contributed by atoms with Gasteiger partial charge in [-0.2, -0.15) is 0 Å². The van der Waals surface area contributed by atoms with Gasteiger partial charge in [-0.25, -0.2) is 9.59 Å². The van der Waals surface area contributed by atoms with Crippen molar-refractivity contribution in [2.75, 3.05) is 0 Å². The van der Waals surface area contributed by atoms with Gasteiger partial charge in [0.05, 0.1) is 0 Å². The number of urea groups is 1. The SMILES string of the molecule is CC(C)(C)[C@H](NC(=O)NCc1ccc(Br)cc1)C(=O)O. The summed E-state index contributed by atoms with van der Waals surface area (Å²) < 4.78 is 0.962. The van der Waals surface area contributed by atoms with Gasteiger partial charge < -0.3 is 15.7 Å². The molecule has 1 rings (SSSR count). The third-order valence-corrected chi connectivity index (χ3v) is 3.28. The smallest absolute Gasteiger partial charge is 0.326 e. The molecule has 0 unspecified atom stereocenters. The first-order valence-corrected chi connectivity index (χ1v) is 7.01. The Balaban J connectivity index is 2.54. The van der Waals surface area contributed by atoms with Gasteiger partial charge in [0.1, 0.15) is 6.04 Å². The number of hydrogen-bond acceptors (Lipinski definition) is 2. The van der Waals surface area contributed by atoms with Crippen molar-refractivity contribution < 1.29 is 14.7 Å². The highest BCUT2D eigenvalue weighted by Gasteiger charge is 2.32. The second kappa shape index (κ2) is 6.74. The molecule has 0 bridgehead atoms. The maximum Gasteiger partial charge on any atom is 0.326 e. The standard InChI is InChI=1S/C14H19BrN2O3/c1-14(2,3)11(12(18)19)17-13(20)16-8-9-4-6-10(15)7-5-9/h4-7,11H,8H2,1-3H3,(H,18,19)(H2,16,17,20)/t11-/m1/s1. The lowest BCUT2D eigenvalue weighted by molar-refractivity contribution is -0.141. The van der Waals surface area contributed by atoms with E-state index in [1.807, 2.05) is 24.3 Å². The third-order valence-electron chi connectivity index (χ3n) is 2.75. The van der Waals surface area contributed by atoms with E-state index in [0.29, 0.717) is 6.54 Å². The van der Waals surface area contributed by atoms with E-state index in [-0.39, 0.29) is 0 Å². The Morgan fingerprint density at radius 3 is 2.25 bits per heavy atom. The molecule has 0 saturated heterocycles. The van der Waals surface area contributed by atoms with Crippen molar-refractivity contribution in [3.05, 3.63) is 34.3 Å². The van der Waals surface area contributed by atoms with E-state index in [0.717, 1.165) is 10.0 Å². The van der Waals surface area contributed by atoms with Gasteiger partial charge in [0.2, 0.25) is 0 Å². The Labute approximate surface area is 126 Å². The summed E-state index contributed by atoms with van der Waals surface area (Å²) in [6.45, 7) is 5.64. The first kappa shape index (κ1) is 16.5. The molecule has 20 heavy (non-hydrogen) atoms. The number of benzene rings is 1. The maximum absolute atomic E-state index is 11.8. The van der Waals surface area contributed by atoms with Crippen LogP contribution in [0.1, 0.15) is 26.3 Å². The Morgan fingerprint density at radius 1 is 1.25 bits per heavy atom. The molecule has 0 aliphatic carbocycles. The lowest BCUT2D eigenvalue weighted by Crippen LogP contribution is -2.52. The fraction of sp³-hybridized carbons (Fsp3) is 0.429. The zero-order chi connectivity index (χ0) is 15.3. The van der Waals surface area contributed by atoms with Gasteiger partial charge in [0.15, 0.2) is 0 Å². The first-order valence-electron chi connectivity index (χ1n) is 6.22. The summed E-state index contributed by atoms with van der Waals surface area (Å²) in [6, 6.07) is 6.09. The van der Waals surface area contributed by atoms with Crippen molar-refractivity contribution in [3.63, 3.8) is 0 Å². The molecule has 3 N–H and O–H groups in total. The topological polar surface area (TPSA) is 78.4 Å². The van der Waals surface area contributed by atoms with Crippen molar-refractivity contribution in [1.82, 2.24) is 10.6 Å². The van der Waals surface area contributed by atoms with Crippen molar-refractivity contribution in [3.8, 4) is 0 Å². The van der Waals surface area contributed by atoms with Crippen molar-refractivity contribution in [2.24, 2.45) is 5.41 Å². The summed E-state index contributed by atoms with van der Waals surface area (Å²) in [5.74, 6) is -1.05. The second-order valence-corrected chi connectivity index (χ2v) is 6.51. The van der Waals surface area contributed by atoms with E-state index < -0.39 is 23.5 Å². The Bertz CT molecular complexity index is 480. The summed E-state index contributed by atoms with van der Waals surface area (Å²) in [5, 5.41) is 14.3. The second-order valence-electron chi connectivity index (χ2n) is 5.59. The van der Waals surface area contributed by atoms with E-state index in [2.05, 4.69) is 26.6 Å². The summed E-state index contributed by atoms with van der Waals surface area (Å²) in [7, 11) is 0. The first-order chi connectivity index (χ1) is 9.20. The van der Waals surface area contributed by atoms with Crippen LogP contribution in [0.25, 0.3) is 0 Å². The lowest BCUT2D eigenvalue weighted by atomic mass is 9.87. The number of carboxylic acid groups (broad SMARTS) is 1. The minimum absolute atomic E-state index is 0.343. The predicted octanol–water partition coefficient (Wildman–Crippen LogP) is 2.75. The highest BCUT2D eigenvalue weighted by molar-refractivity contribution is 9.10. The Morgan fingerprint density at radius 2 is 1.80 bits per heavy atom. The number of hydrogen-bond donors (Lipinski definition) is 3. The molecule has 5 nitrogen and oxygen atoms in total. The summed E-state index contributed by atoms with van der Waals surface area (Å²) in [4.78, 5) is 22.9. The van der Waals surface area contributed by atoms with Crippen molar-refractivity contribution in [1.29, 1.82) is 0 Å². The van der Waals surface area contributed by atoms with Gasteiger partial charge in [0.25, 0.3) is 0 Å². The lowest BCUT2D eigenvalue weighted by Gasteiger charge is -2.27. The van der Waals surface area contributed by atoms with E-state index in [9.17, 15) is 9.59 Å². The minimum atomic E-state index is -1.05. The Kier molecular flexibility index (Phi) is 5.56. The molecule has 0 fully saturated rings. The third kappa shape index (κ3) is 5.21. The van der Waals surface area contributed by atoms with Gasteiger partial charge in [-0.15, -0.1) is 0 Å². The minimum Gasteiger partial charge on any atom is -0.480 e. The molecule has 2 amide bonds. The van der Waals surface area contributed by atoms with Crippen LogP contribution >= 0.6 is 15.9 Å². The van der Waals surface area contributed by atoms with E-state index in [1.54, 1.807) is 20.8 Å². The van der Waals surface area contributed by atoms with Crippen molar-refractivity contribution in [2.45, 2.75) is 33.4 Å². The monoisotopic (exact) mass is 342 g/mol. The largest absolute Gasteiger partial charge is 0.480 e. The summed E-state index contributed by atoms with van der Waals surface area (Å²) in [6.07, 6.45) is 0. The molecule has 0 aliphatic heterocycles. The molecule has 0 spiro atoms. The molecule has 0 aromatic heterocycles. The number of rotatable bonds is 4. The number of aliphatic carboxylic acids is 1. The number of amides is 2. The summed E-state index contributed by atoms with van der Waals surface area (Å²) >= 11 is 3.33. The van der Waals surface area contributed by atoms with E-state index in [1.165, 1.54) is 0 Å². The molecule has 0 saturated carbocycles. The molecule has 6 heteroatoms. The van der Waals surface area contributed by atoms with Crippen LogP contribution in [0.3, 0.4) is 0 Å². The molecule has 1 atom stereocenters. The van der Waals surface area contributed by atoms with Crippen LogP contribution in [-0.4, -0.2) is 23.1 Å².